The number of amides is 1. The number of piperidine rings is 1. The number of fused-ring (bicyclic) bond motifs is 1. The number of nitrogens with one attached hydrogen (secondary N) is 1. The summed E-state index contributed by atoms with van der Waals surface area (Å²) in [7, 11) is 0. The number of anilines is 1. The molecule has 2 aromatic heterocycles. The van der Waals surface area contributed by atoms with E-state index in [0.29, 0.717) is 18.1 Å². The summed E-state index contributed by atoms with van der Waals surface area (Å²) in [6.45, 7) is 1.55. The van der Waals surface area contributed by atoms with Gasteiger partial charge < -0.3 is 10.2 Å². The maximum absolute atomic E-state index is 12.4. The third-order valence-electron chi connectivity index (χ3n) is 4.74. The molecule has 0 radical (unpaired) electrons. The van der Waals surface area contributed by atoms with E-state index >= 15 is 0 Å². The molecule has 134 valence electrons. The molecule has 1 aromatic carbocycles. The second-order valence-electron chi connectivity index (χ2n) is 6.53. The summed E-state index contributed by atoms with van der Waals surface area (Å²) < 4.78 is 1.41. The topological polar surface area (TPSA) is 88.3 Å². The lowest BCUT2D eigenvalue weighted by Crippen LogP contribution is -2.42. The highest BCUT2D eigenvalue weighted by atomic mass is 16.2. The van der Waals surface area contributed by atoms with E-state index in [2.05, 4.69) is 38.1 Å². The van der Waals surface area contributed by atoms with E-state index in [1.165, 1.54) is 10.2 Å². The average molecular weight is 351 g/mol. The van der Waals surface area contributed by atoms with E-state index < -0.39 is 0 Å². The Morgan fingerprint density at radius 1 is 1.12 bits per heavy atom. The summed E-state index contributed by atoms with van der Waals surface area (Å²) in [6, 6.07) is 14.2. The lowest BCUT2D eigenvalue weighted by Gasteiger charge is -2.32. The van der Waals surface area contributed by atoms with Crippen molar-refractivity contribution >= 4 is 17.4 Å². The second-order valence-corrected chi connectivity index (χ2v) is 6.53. The van der Waals surface area contributed by atoms with Crippen molar-refractivity contribution in [2.45, 2.75) is 31.7 Å². The van der Waals surface area contributed by atoms with Crippen LogP contribution in [0.25, 0.3) is 5.65 Å². The summed E-state index contributed by atoms with van der Waals surface area (Å²) in [5.41, 5.74) is 1.83. The molecule has 26 heavy (non-hydrogen) atoms. The number of likely N-dealkylation sites (tertiary alicyclic amines) is 1. The second kappa shape index (κ2) is 7.47. The Hall–Kier alpha value is -3.03. The molecule has 8 nitrogen and oxygen atoms in total. The van der Waals surface area contributed by atoms with Crippen LogP contribution in [-0.4, -0.2) is 55.2 Å². The highest BCUT2D eigenvalue weighted by molar-refractivity contribution is 5.76. The van der Waals surface area contributed by atoms with Gasteiger partial charge in [-0.25, -0.2) is 0 Å². The van der Waals surface area contributed by atoms with Gasteiger partial charge in [0, 0.05) is 25.6 Å². The first-order valence-corrected chi connectivity index (χ1v) is 8.91. The Morgan fingerprint density at radius 3 is 2.73 bits per heavy atom. The number of carbonyl (C=O) groups excluding carboxylic acids is 1. The highest BCUT2D eigenvalue weighted by Crippen LogP contribution is 2.16. The maximum Gasteiger partial charge on any atom is 0.222 e. The molecule has 0 bridgehead atoms. The van der Waals surface area contributed by atoms with Gasteiger partial charge in [0.05, 0.1) is 0 Å². The summed E-state index contributed by atoms with van der Waals surface area (Å²) in [4.78, 5) is 14.4. The summed E-state index contributed by atoms with van der Waals surface area (Å²) >= 11 is 0. The number of benzene rings is 1. The van der Waals surface area contributed by atoms with Crippen molar-refractivity contribution in [1.82, 2.24) is 30.2 Å². The van der Waals surface area contributed by atoms with E-state index in [1.54, 1.807) is 0 Å². The van der Waals surface area contributed by atoms with E-state index in [4.69, 9.17) is 0 Å². The first kappa shape index (κ1) is 16.4. The number of aryl methyl sites for hydroxylation is 1. The number of tetrazole rings is 1. The van der Waals surface area contributed by atoms with Crippen LogP contribution >= 0.6 is 0 Å². The third-order valence-corrected chi connectivity index (χ3v) is 4.74. The van der Waals surface area contributed by atoms with Crippen LogP contribution in [0.5, 0.6) is 0 Å². The lowest BCUT2D eigenvalue weighted by molar-refractivity contribution is -0.132. The largest absolute Gasteiger partial charge is 0.366 e. The van der Waals surface area contributed by atoms with Crippen molar-refractivity contribution in [2.75, 3.05) is 18.4 Å². The van der Waals surface area contributed by atoms with Crippen molar-refractivity contribution < 1.29 is 4.79 Å². The molecule has 1 amide bonds. The van der Waals surface area contributed by atoms with Gasteiger partial charge in [0.15, 0.2) is 5.65 Å². The van der Waals surface area contributed by atoms with Crippen molar-refractivity contribution in [2.24, 2.45) is 0 Å². The first-order chi connectivity index (χ1) is 12.8. The van der Waals surface area contributed by atoms with Crippen molar-refractivity contribution in [3.63, 3.8) is 0 Å². The predicted molar refractivity (Wildman–Crippen MR) is 96.6 cm³/mol. The van der Waals surface area contributed by atoms with Crippen LogP contribution in [0.2, 0.25) is 0 Å². The minimum atomic E-state index is 0.237. The number of carbonyl (C=O) groups is 1. The highest BCUT2D eigenvalue weighted by Gasteiger charge is 2.22. The van der Waals surface area contributed by atoms with E-state index in [1.807, 2.05) is 35.2 Å². The first-order valence-electron chi connectivity index (χ1n) is 8.91. The minimum Gasteiger partial charge on any atom is -0.366 e. The third kappa shape index (κ3) is 3.79. The average Bonchev–Trinajstić information content (AvgIpc) is 3.15. The van der Waals surface area contributed by atoms with Crippen LogP contribution in [0, 0.1) is 0 Å². The van der Waals surface area contributed by atoms with Gasteiger partial charge in [0.1, 0.15) is 5.82 Å². The van der Waals surface area contributed by atoms with Crippen molar-refractivity contribution in [3.05, 3.63) is 48.0 Å². The van der Waals surface area contributed by atoms with E-state index in [-0.39, 0.29) is 5.91 Å². The molecule has 1 aliphatic rings. The van der Waals surface area contributed by atoms with Crippen molar-refractivity contribution in [1.29, 1.82) is 0 Å². The van der Waals surface area contributed by atoms with Gasteiger partial charge in [0.25, 0.3) is 0 Å². The summed E-state index contributed by atoms with van der Waals surface area (Å²) in [5, 5.41) is 19.0. The van der Waals surface area contributed by atoms with Gasteiger partial charge in [-0.15, -0.1) is 14.8 Å². The van der Waals surface area contributed by atoms with Gasteiger partial charge in [-0.3, -0.25) is 4.79 Å². The van der Waals surface area contributed by atoms with Crippen LogP contribution in [0.4, 0.5) is 5.82 Å². The number of hydrogen-bond acceptors (Lipinski definition) is 6. The Kier molecular flexibility index (Phi) is 4.72. The molecule has 8 heteroatoms. The molecule has 0 spiro atoms. The molecular weight excluding hydrogens is 330 g/mol. The van der Waals surface area contributed by atoms with Crippen LogP contribution in [0.3, 0.4) is 0 Å². The maximum atomic E-state index is 12.4. The van der Waals surface area contributed by atoms with Gasteiger partial charge >= 0.3 is 0 Å². The molecule has 0 atom stereocenters. The minimum absolute atomic E-state index is 0.237. The molecule has 1 saturated heterocycles. The summed E-state index contributed by atoms with van der Waals surface area (Å²) in [5.74, 6) is 0.985. The zero-order valence-corrected chi connectivity index (χ0v) is 14.5. The van der Waals surface area contributed by atoms with Gasteiger partial charge in [0.2, 0.25) is 5.91 Å². The smallest absolute Gasteiger partial charge is 0.222 e. The molecule has 0 aliphatic carbocycles. The van der Waals surface area contributed by atoms with Gasteiger partial charge in [-0.1, -0.05) is 30.3 Å². The number of rotatable bonds is 5. The lowest BCUT2D eigenvalue weighted by atomic mass is 10.0. The standard InChI is InChI=1S/C18H21N7O/c26-18(9-6-14-4-2-1-3-5-14)24-12-10-15(11-13-24)19-16-7-8-17-20-22-23-25(17)21-16/h1-5,7-8,15H,6,9-13H2,(H,19,21). The van der Waals surface area contributed by atoms with E-state index in [0.717, 1.165) is 38.2 Å². The molecule has 0 unspecified atom stereocenters. The van der Waals surface area contributed by atoms with Gasteiger partial charge in [-0.2, -0.15) is 0 Å². The summed E-state index contributed by atoms with van der Waals surface area (Å²) in [6.07, 6.45) is 3.19. The number of nitrogens with zero attached hydrogens (tertiary/aromatic N) is 6. The Bertz CT molecular complexity index is 871. The van der Waals surface area contributed by atoms with Crippen LogP contribution < -0.4 is 5.32 Å². The predicted octanol–water partition coefficient (Wildman–Crippen LogP) is 1.55. The molecule has 1 aliphatic heterocycles. The fourth-order valence-corrected chi connectivity index (χ4v) is 3.26. The van der Waals surface area contributed by atoms with Gasteiger partial charge in [-0.05, 0) is 47.4 Å². The molecule has 0 saturated carbocycles. The molecule has 1 fully saturated rings. The Morgan fingerprint density at radius 2 is 1.92 bits per heavy atom. The fraction of sp³-hybridized carbons (Fsp3) is 0.389. The van der Waals surface area contributed by atoms with Crippen LogP contribution in [0.1, 0.15) is 24.8 Å². The molecule has 4 rings (SSSR count). The SMILES string of the molecule is O=C(CCc1ccccc1)N1CCC(Nc2ccc3nnnn3n2)CC1. The normalized spacial score (nSPS) is 15.3. The van der Waals surface area contributed by atoms with E-state index in [9.17, 15) is 4.79 Å². The monoisotopic (exact) mass is 351 g/mol. The van der Waals surface area contributed by atoms with Crippen LogP contribution in [-0.2, 0) is 11.2 Å². The van der Waals surface area contributed by atoms with Crippen molar-refractivity contribution in [3.8, 4) is 0 Å². The quantitative estimate of drug-likeness (QED) is 0.750. The molecular formula is C18H21N7O. The Balaban J connectivity index is 1.26. The number of hydrogen-bond donors (Lipinski definition) is 1. The molecule has 1 N–H and O–H groups in total. The molecule has 3 heterocycles. The zero-order valence-electron chi connectivity index (χ0n) is 14.5. The van der Waals surface area contributed by atoms with Crippen LogP contribution in [0.15, 0.2) is 42.5 Å². The fourth-order valence-electron chi connectivity index (χ4n) is 3.26. The zero-order chi connectivity index (χ0) is 17.8. The Labute approximate surface area is 151 Å². The number of aromatic nitrogens is 5. The molecule has 3 aromatic rings.